The maximum absolute atomic E-state index is 12.1. The first kappa shape index (κ1) is 17.0. The van der Waals surface area contributed by atoms with Gasteiger partial charge in [-0.15, -0.1) is 0 Å². The van der Waals surface area contributed by atoms with Gasteiger partial charge in [0.2, 0.25) is 5.91 Å². The molecule has 2 atom stereocenters. The lowest BCUT2D eigenvalue weighted by Gasteiger charge is -2.24. The second kappa shape index (κ2) is 7.29. The van der Waals surface area contributed by atoms with E-state index >= 15 is 0 Å². The molecule has 0 bridgehead atoms. The third-order valence-corrected chi connectivity index (χ3v) is 4.58. The van der Waals surface area contributed by atoms with Crippen LogP contribution in [0.5, 0.6) is 0 Å². The second-order valence-electron chi connectivity index (χ2n) is 5.35. The number of thioether (sulfide) groups is 1. The van der Waals surface area contributed by atoms with Crippen molar-refractivity contribution in [2.45, 2.75) is 31.1 Å². The van der Waals surface area contributed by atoms with Gasteiger partial charge in [0.1, 0.15) is 6.04 Å². The molecule has 6 nitrogen and oxygen atoms in total. The van der Waals surface area contributed by atoms with Crippen molar-refractivity contribution in [2.75, 3.05) is 6.54 Å². The molecule has 1 N–H and O–H groups in total. The van der Waals surface area contributed by atoms with Crippen LogP contribution in [0.3, 0.4) is 0 Å². The first-order chi connectivity index (χ1) is 10.9. The summed E-state index contributed by atoms with van der Waals surface area (Å²) in [6.07, 6.45) is 0.306. The Morgan fingerprint density at radius 2 is 2.26 bits per heavy atom. The zero-order chi connectivity index (χ0) is 17.0. The van der Waals surface area contributed by atoms with Gasteiger partial charge < -0.3 is 10.0 Å². The summed E-state index contributed by atoms with van der Waals surface area (Å²) < 4.78 is 0. The summed E-state index contributed by atoms with van der Waals surface area (Å²) in [4.78, 5) is 36.2. The molecule has 0 saturated carbocycles. The zero-order valence-electron chi connectivity index (χ0n) is 12.6. The van der Waals surface area contributed by atoms with Crippen molar-refractivity contribution in [2.24, 2.45) is 0 Å². The van der Waals surface area contributed by atoms with E-state index in [2.05, 4.69) is 0 Å². The minimum Gasteiger partial charge on any atom is -0.480 e. The van der Waals surface area contributed by atoms with Gasteiger partial charge in [-0.25, -0.2) is 4.79 Å². The average molecular weight is 332 g/mol. The Bertz CT molecular complexity index is 683. The minimum absolute atomic E-state index is 0.0850. The summed E-state index contributed by atoms with van der Waals surface area (Å²) in [5, 5.41) is 18.1. The van der Waals surface area contributed by atoms with Gasteiger partial charge in [0.25, 0.3) is 0 Å². The van der Waals surface area contributed by atoms with Crippen LogP contribution in [-0.2, 0) is 20.8 Å². The fourth-order valence-corrected chi connectivity index (χ4v) is 3.56. The average Bonchev–Trinajstić information content (AvgIpc) is 2.84. The molecule has 1 heterocycles. The molecule has 1 unspecified atom stereocenters. The van der Waals surface area contributed by atoms with E-state index in [-0.39, 0.29) is 35.7 Å². The van der Waals surface area contributed by atoms with E-state index in [0.29, 0.717) is 11.1 Å². The molecule has 1 amide bonds. The molecule has 7 heteroatoms. The summed E-state index contributed by atoms with van der Waals surface area (Å²) in [7, 11) is 0. The third-order valence-electron chi connectivity index (χ3n) is 3.60. The smallest absolute Gasteiger partial charge is 0.326 e. The molecular formula is C16H16N2O4S. The van der Waals surface area contributed by atoms with Gasteiger partial charge in [0.15, 0.2) is 5.12 Å². The topological polar surface area (TPSA) is 98.5 Å². The van der Waals surface area contributed by atoms with Crippen LogP contribution in [-0.4, -0.2) is 44.8 Å². The van der Waals surface area contributed by atoms with Crippen molar-refractivity contribution in [3.8, 4) is 6.07 Å². The number of carbonyl (C=O) groups excluding carboxylic acids is 2. The molecule has 23 heavy (non-hydrogen) atoms. The van der Waals surface area contributed by atoms with Crippen LogP contribution in [0, 0.1) is 11.3 Å². The number of carbonyl (C=O) groups is 3. The van der Waals surface area contributed by atoms with Crippen molar-refractivity contribution >= 4 is 28.8 Å². The molecule has 1 aromatic rings. The first-order valence-corrected chi connectivity index (χ1v) is 7.97. The van der Waals surface area contributed by atoms with Gasteiger partial charge in [0, 0.05) is 31.6 Å². The molecular weight excluding hydrogens is 316 g/mol. The van der Waals surface area contributed by atoms with Crippen molar-refractivity contribution in [3.05, 3.63) is 35.4 Å². The van der Waals surface area contributed by atoms with E-state index < -0.39 is 12.0 Å². The number of hydrogen-bond acceptors (Lipinski definition) is 5. The van der Waals surface area contributed by atoms with E-state index in [0.717, 1.165) is 11.8 Å². The van der Waals surface area contributed by atoms with E-state index in [4.69, 9.17) is 5.26 Å². The Labute approximate surface area is 138 Å². The predicted octanol–water partition coefficient (Wildman–Crippen LogP) is 1.43. The standard InChI is InChI=1S/C16H16N2O4S/c1-10(19)23-13-7-15(20)18(9-13)14(16(21)22)6-11-3-2-4-12(5-11)8-17/h2-5,13-14H,6-7,9H2,1H3,(H,21,22)/t13?,14-/m0/s1. The molecule has 0 radical (unpaired) electrons. The van der Waals surface area contributed by atoms with Gasteiger partial charge in [-0.3, -0.25) is 9.59 Å². The SMILES string of the molecule is CC(=O)SC1CC(=O)N([C@@H](Cc2cccc(C#N)c2)C(=O)O)C1. The van der Waals surface area contributed by atoms with Crippen LogP contribution in [0.2, 0.25) is 0 Å². The minimum atomic E-state index is -1.09. The number of carboxylic acids is 1. The molecule has 120 valence electrons. The maximum atomic E-state index is 12.1. The number of aliphatic carboxylic acids is 1. The molecule has 1 fully saturated rings. The largest absolute Gasteiger partial charge is 0.480 e. The van der Waals surface area contributed by atoms with Crippen LogP contribution in [0.25, 0.3) is 0 Å². The predicted molar refractivity (Wildman–Crippen MR) is 84.7 cm³/mol. The van der Waals surface area contributed by atoms with E-state index in [1.165, 1.54) is 11.8 Å². The summed E-state index contributed by atoms with van der Waals surface area (Å²) >= 11 is 1.07. The highest BCUT2D eigenvalue weighted by Crippen LogP contribution is 2.27. The Hall–Kier alpha value is -2.33. The number of nitriles is 1. The summed E-state index contributed by atoms with van der Waals surface area (Å²) in [6.45, 7) is 1.68. The Kier molecular flexibility index (Phi) is 5.40. The lowest BCUT2D eigenvalue weighted by atomic mass is 10.0. The van der Waals surface area contributed by atoms with Crippen LogP contribution in [0.1, 0.15) is 24.5 Å². The molecule has 0 aliphatic carbocycles. The van der Waals surface area contributed by atoms with Crippen molar-refractivity contribution in [1.82, 2.24) is 4.90 Å². The van der Waals surface area contributed by atoms with Gasteiger partial charge in [-0.2, -0.15) is 5.26 Å². The highest BCUT2D eigenvalue weighted by Gasteiger charge is 2.38. The Morgan fingerprint density at radius 3 is 2.87 bits per heavy atom. The third kappa shape index (κ3) is 4.33. The van der Waals surface area contributed by atoms with Gasteiger partial charge >= 0.3 is 5.97 Å². The van der Waals surface area contributed by atoms with Crippen molar-refractivity contribution < 1.29 is 19.5 Å². The normalized spacial score (nSPS) is 18.5. The first-order valence-electron chi connectivity index (χ1n) is 7.09. The second-order valence-corrected chi connectivity index (χ2v) is 6.83. The number of hydrogen-bond donors (Lipinski definition) is 1. The van der Waals surface area contributed by atoms with Crippen LogP contribution >= 0.6 is 11.8 Å². The number of benzene rings is 1. The molecule has 0 spiro atoms. The molecule has 1 aliphatic rings. The highest BCUT2D eigenvalue weighted by atomic mass is 32.2. The molecule has 1 aromatic carbocycles. The molecule has 1 saturated heterocycles. The Balaban J connectivity index is 2.15. The quantitative estimate of drug-likeness (QED) is 0.876. The summed E-state index contributed by atoms with van der Waals surface area (Å²) in [6, 6.07) is 7.70. The van der Waals surface area contributed by atoms with Crippen molar-refractivity contribution in [3.63, 3.8) is 0 Å². The zero-order valence-corrected chi connectivity index (χ0v) is 13.4. The van der Waals surface area contributed by atoms with E-state index in [9.17, 15) is 19.5 Å². The van der Waals surface area contributed by atoms with Gasteiger partial charge in [-0.1, -0.05) is 23.9 Å². The number of amides is 1. The number of likely N-dealkylation sites (tertiary alicyclic amines) is 1. The Morgan fingerprint density at radius 1 is 1.52 bits per heavy atom. The van der Waals surface area contributed by atoms with Crippen LogP contribution in [0.15, 0.2) is 24.3 Å². The van der Waals surface area contributed by atoms with Crippen molar-refractivity contribution in [1.29, 1.82) is 5.26 Å². The van der Waals surface area contributed by atoms with E-state index in [1.807, 2.05) is 6.07 Å². The maximum Gasteiger partial charge on any atom is 0.326 e. The monoisotopic (exact) mass is 332 g/mol. The summed E-state index contributed by atoms with van der Waals surface area (Å²) in [5.74, 6) is -1.35. The fourth-order valence-electron chi connectivity index (χ4n) is 2.63. The number of carboxylic acid groups (broad SMARTS) is 1. The van der Waals surface area contributed by atoms with Gasteiger partial charge in [-0.05, 0) is 17.7 Å². The molecule has 1 aliphatic heterocycles. The van der Waals surface area contributed by atoms with Crippen LogP contribution < -0.4 is 0 Å². The number of rotatable bonds is 5. The lowest BCUT2D eigenvalue weighted by molar-refractivity contribution is -0.148. The number of nitrogens with zero attached hydrogens (tertiary/aromatic N) is 2. The van der Waals surface area contributed by atoms with Gasteiger partial charge in [0.05, 0.1) is 11.6 Å². The highest BCUT2D eigenvalue weighted by molar-refractivity contribution is 8.14. The fraction of sp³-hybridized carbons (Fsp3) is 0.375. The van der Waals surface area contributed by atoms with E-state index in [1.54, 1.807) is 24.3 Å². The summed E-state index contributed by atoms with van der Waals surface area (Å²) in [5.41, 5.74) is 1.14. The molecule has 2 rings (SSSR count). The molecule has 0 aromatic heterocycles. The lowest BCUT2D eigenvalue weighted by Crippen LogP contribution is -2.43. The van der Waals surface area contributed by atoms with Crippen LogP contribution in [0.4, 0.5) is 0 Å².